The largest absolute Gasteiger partial charge is 0.478 e. The van der Waals surface area contributed by atoms with Crippen molar-refractivity contribution >= 4 is 23.9 Å². The highest BCUT2D eigenvalue weighted by atomic mass is 16.5. The summed E-state index contributed by atoms with van der Waals surface area (Å²) < 4.78 is 8.95. The number of hydrogen-bond donors (Lipinski definition) is 2. The van der Waals surface area contributed by atoms with E-state index in [0.29, 0.717) is 30.1 Å². The summed E-state index contributed by atoms with van der Waals surface area (Å²) in [6, 6.07) is 0. The molecule has 0 bridgehead atoms. The first-order chi connectivity index (χ1) is 16.2. The molecule has 0 aliphatic heterocycles. The van der Waals surface area contributed by atoms with Gasteiger partial charge in [0, 0.05) is 22.8 Å². The molecule has 8 nitrogen and oxygen atoms in total. The first-order valence-electron chi connectivity index (χ1n) is 11.6. The Balaban J connectivity index is -0.000000192. The number of methoxy groups -OCH3 is 1. The van der Waals surface area contributed by atoms with Crippen LogP contribution < -0.4 is 0 Å². The van der Waals surface area contributed by atoms with Gasteiger partial charge < -0.3 is 19.7 Å². The van der Waals surface area contributed by atoms with Gasteiger partial charge in [0.1, 0.15) is 0 Å². The van der Waals surface area contributed by atoms with E-state index in [2.05, 4.69) is 49.6 Å². The van der Waals surface area contributed by atoms with Crippen molar-refractivity contribution in [3.63, 3.8) is 0 Å². The van der Waals surface area contributed by atoms with Crippen LogP contribution in [0.1, 0.15) is 79.6 Å². The molecule has 0 aromatic rings. The van der Waals surface area contributed by atoms with E-state index in [9.17, 15) is 19.2 Å². The molecule has 35 heavy (non-hydrogen) atoms. The lowest BCUT2D eigenvalue weighted by atomic mass is 9.92. The topological polar surface area (TPSA) is 127 Å². The Labute approximate surface area is 211 Å². The van der Waals surface area contributed by atoms with E-state index >= 15 is 0 Å². The number of hydrogen-bond acceptors (Lipinski definition) is 6. The summed E-state index contributed by atoms with van der Waals surface area (Å²) in [7, 11) is 1.33. The summed E-state index contributed by atoms with van der Waals surface area (Å²) in [6.07, 6.45) is 8.33. The van der Waals surface area contributed by atoms with Crippen molar-refractivity contribution in [1.29, 1.82) is 0 Å². The Hall–Kier alpha value is -3.16. The van der Waals surface area contributed by atoms with Crippen molar-refractivity contribution in [1.82, 2.24) is 0 Å². The summed E-state index contributed by atoms with van der Waals surface area (Å²) in [6.45, 7) is 23.2. The van der Waals surface area contributed by atoms with Crippen LogP contribution in [0.25, 0.3) is 0 Å². The van der Waals surface area contributed by atoms with Crippen LogP contribution >= 0.6 is 0 Å². The molecule has 0 fully saturated rings. The van der Waals surface area contributed by atoms with Crippen LogP contribution in [-0.4, -0.2) is 47.8 Å². The van der Waals surface area contributed by atoms with Gasteiger partial charge in [0.05, 0.1) is 13.7 Å². The molecule has 0 saturated carbocycles. The molecular formula is C27H46O8. The molecule has 0 aromatic heterocycles. The van der Waals surface area contributed by atoms with Gasteiger partial charge in [-0.2, -0.15) is 0 Å². The first-order valence-corrected chi connectivity index (χ1v) is 11.6. The number of ether oxygens (including phenoxy) is 2. The maximum Gasteiger partial charge on any atom is 0.332 e. The van der Waals surface area contributed by atoms with Gasteiger partial charge in [-0.15, -0.1) is 0 Å². The molecule has 2 N–H and O–H groups in total. The van der Waals surface area contributed by atoms with E-state index in [1.165, 1.54) is 33.0 Å². The Morgan fingerprint density at radius 3 is 1.63 bits per heavy atom. The van der Waals surface area contributed by atoms with Crippen LogP contribution in [0.15, 0.2) is 49.1 Å². The predicted octanol–water partition coefficient (Wildman–Crippen LogP) is 6.13. The van der Waals surface area contributed by atoms with Gasteiger partial charge in [0.15, 0.2) is 0 Å². The summed E-state index contributed by atoms with van der Waals surface area (Å²) in [4.78, 5) is 40.7. The molecule has 202 valence electrons. The highest BCUT2D eigenvalue weighted by Crippen LogP contribution is 2.20. The lowest BCUT2D eigenvalue weighted by molar-refractivity contribution is -0.138. The number of carbonyl (C=O) groups is 4. The molecule has 0 saturated heterocycles. The molecule has 0 radical (unpaired) electrons. The Kier molecular flexibility index (Phi) is 30.2. The second kappa shape index (κ2) is 27.1. The van der Waals surface area contributed by atoms with Crippen LogP contribution in [0.4, 0.5) is 0 Å². The van der Waals surface area contributed by atoms with Crippen molar-refractivity contribution in [3.05, 3.63) is 49.1 Å². The Morgan fingerprint density at radius 2 is 1.37 bits per heavy atom. The first kappa shape index (κ1) is 39.1. The average Bonchev–Trinajstić information content (AvgIpc) is 2.81. The summed E-state index contributed by atoms with van der Waals surface area (Å²) in [5.41, 5.74) is 0.959. The van der Waals surface area contributed by atoms with Crippen molar-refractivity contribution < 1.29 is 38.9 Å². The van der Waals surface area contributed by atoms with Crippen molar-refractivity contribution in [2.24, 2.45) is 5.92 Å². The van der Waals surface area contributed by atoms with Crippen LogP contribution in [0.2, 0.25) is 0 Å². The number of carboxylic acid groups (broad SMARTS) is 2. The zero-order valence-electron chi connectivity index (χ0n) is 22.5. The van der Waals surface area contributed by atoms with E-state index in [1.54, 1.807) is 6.92 Å². The molecule has 0 aliphatic carbocycles. The highest BCUT2D eigenvalue weighted by molar-refractivity contribution is 5.87. The van der Waals surface area contributed by atoms with E-state index in [4.69, 9.17) is 10.2 Å². The minimum Gasteiger partial charge on any atom is -0.478 e. The average molecular weight is 499 g/mol. The number of unbranched alkanes of at least 4 members (excludes halogenated alkanes) is 2. The fourth-order valence-corrected chi connectivity index (χ4v) is 1.93. The quantitative estimate of drug-likeness (QED) is 0.176. The van der Waals surface area contributed by atoms with Gasteiger partial charge in [0.2, 0.25) is 0 Å². The minimum atomic E-state index is -0.935. The van der Waals surface area contributed by atoms with E-state index in [0.717, 1.165) is 25.7 Å². The maximum absolute atomic E-state index is 10.5. The van der Waals surface area contributed by atoms with Crippen molar-refractivity contribution in [2.45, 2.75) is 79.6 Å². The SMILES string of the molecule is C=C(C)C(=O)O.C=C(C)C(=O)OC.C=C(CC(CC)CCCC)C(=O)O.C=CC(=O)OCCCC. The number of aliphatic carboxylic acids is 2. The van der Waals surface area contributed by atoms with Crippen LogP contribution in [0.3, 0.4) is 0 Å². The predicted molar refractivity (Wildman–Crippen MR) is 140 cm³/mol. The molecule has 0 heterocycles. The van der Waals surface area contributed by atoms with Gasteiger partial charge >= 0.3 is 23.9 Å². The molecule has 0 rings (SSSR count). The second-order valence-corrected chi connectivity index (χ2v) is 7.61. The minimum absolute atomic E-state index is 0.176. The highest BCUT2D eigenvalue weighted by Gasteiger charge is 2.11. The van der Waals surface area contributed by atoms with E-state index in [-0.39, 0.29) is 17.5 Å². The van der Waals surface area contributed by atoms with Gasteiger partial charge in [-0.25, -0.2) is 19.2 Å². The zero-order valence-corrected chi connectivity index (χ0v) is 22.5. The fourth-order valence-electron chi connectivity index (χ4n) is 1.93. The third kappa shape index (κ3) is 33.1. The van der Waals surface area contributed by atoms with Crippen molar-refractivity contribution in [2.75, 3.05) is 13.7 Å². The monoisotopic (exact) mass is 498 g/mol. The summed E-state index contributed by atoms with van der Waals surface area (Å²) in [5.74, 6) is -1.96. The lowest BCUT2D eigenvalue weighted by Gasteiger charge is -2.13. The fraction of sp³-hybridized carbons (Fsp3) is 0.556. The molecule has 0 amide bonds. The molecule has 8 heteroatoms. The smallest absolute Gasteiger partial charge is 0.332 e. The summed E-state index contributed by atoms with van der Waals surface area (Å²) in [5, 5.41) is 16.5. The molecule has 1 atom stereocenters. The molecule has 1 unspecified atom stereocenters. The van der Waals surface area contributed by atoms with Gasteiger partial charge in [0.25, 0.3) is 0 Å². The van der Waals surface area contributed by atoms with Gasteiger partial charge in [-0.05, 0) is 32.6 Å². The van der Waals surface area contributed by atoms with Crippen LogP contribution in [0.5, 0.6) is 0 Å². The van der Waals surface area contributed by atoms with Crippen LogP contribution in [0, 0.1) is 5.92 Å². The van der Waals surface area contributed by atoms with Crippen LogP contribution in [-0.2, 0) is 28.7 Å². The normalized spacial score (nSPS) is 9.66. The Morgan fingerprint density at radius 1 is 0.886 bits per heavy atom. The standard InChI is InChI=1S/C11H20O2.C7H12O2.C5H8O2.C4H6O2/c1-4-6-7-10(5-2)8-9(3)11(12)13;1-3-5-6-9-7(8)4-2;1-4(2)5(6)7-3;1-3(2)4(5)6/h10H,3-8H2,1-2H3,(H,12,13);4H,2-3,5-6H2,1H3;1H2,2-3H3;1H2,2H3,(H,5,6). The third-order valence-corrected chi connectivity index (χ3v) is 4.19. The number of carbonyl (C=O) groups excluding carboxylic acids is 2. The van der Waals surface area contributed by atoms with Gasteiger partial charge in [-0.3, -0.25) is 0 Å². The van der Waals surface area contributed by atoms with E-state index in [1.807, 2.05) is 6.92 Å². The number of esters is 2. The summed E-state index contributed by atoms with van der Waals surface area (Å²) >= 11 is 0. The third-order valence-electron chi connectivity index (χ3n) is 4.19. The molecule has 0 aromatic carbocycles. The number of carboxylic acids is 2. The van der Waals surface area contributed by atoms with Gasteiger partial charge in [-0.1, -0.05) is 79.2 Å². The molecule has 0 spiro atoms. The zero-order chi connectivity index (χ0) is 28.4. The maximum atomic E-state index is 10.5. The Bertz CT molecular complexity index is 665. The lowest BCUT2D eigenvalue weighted by Crippen LogP contribution is -2.06. The van der Waals surface area contributed by atoms with E-state index < -0.39 is 11.9 Å². The number of rotatable bonds is 13. The molecule has 0 aliphatic rings. The molecular weight excluding hydrogens is 452 g/mol. The van der Waals surface area contributed by atoms with Crippen molar-refractivity contribution in [3.8, 4) is 0 Å². The second-order valence-electron chi connectivity index (χ2n) is 7.61.